The highest BCUT2D eigenvalue weighted by molar-refractivity contribution is 6.06. The SMILES string of the molecule is O=C(/C=C/c1ccccc1F)c1cc2ccccc2o1. The van der Waals surface area contributed by atoms with Gasteiger partial charge in [-0.15, -0.1) is 0 Å². The monoisotopic (exact) mass is 266 g/mol. The fourth-order valence-electron chi connectivity index (χ4n) is 1.96. The summed E-state index contributed by atoms with van der Waals surface area (Å²) in [6.45, 7) is 0. The molecule has 0 fully saturated rings. The van der Waals surface area contributed by atoms with Crippen LogP contribution in [0.15, 0.2) is 65.1 Å². The van der Waals surface area contributed by atoms with Crippen LogP contribution in [0.25, 0.3) is 17.0 Å². The summed E-state index contributed by atoms with van der Waals surface area (Å²) >= 11 is 0. The Labute approximate surface area is 115 Å². The smallest absolute Gasteiger partial charge is 0.221 e. The maximum Gasteiger partial charge on any atom is 0.221 e. The van der Waals surface area contributed by atoms with Crippen LogP contribution in [0.4, 0.5) is 4.39 Å². The average Bonchev–Trinajstić information content (AvgIpc) is 2.90. The van der Waals surface area contributed by atoms with Gasteiger partial charge in [0.1, 0.15) is 11.4 Å². The lowest BCUT2D eigenvalue weighted by Gasteiger charge is -1.94. The summed E-state index contributed by atoms with van der Waals surface area (Å²) in [6.07, 6.45) is 2.76. The van der Waals surface area contributed by atoms with Crippen LogP contribution >= 0.6 is 0 Å². The van der Waals surface area contributed by atoms with Crippen molar-refractivity contribution in [1.82, 2.24) is 0 Å². The van der Waals surface area contributed by atoms with Crippen LogP contribution in [-0.2, 0) is 0 Å². The van der Waals surface area contributed by atoms with E-state index in [4.69, 9.17) is 4.42 Å². The zero-order valence-corrected chi connectivity index (χ0v) is 10.5. The molecule has 2 aromatic carbocycles. The van der Waals surface area contributed by atoms with E-state index in [0.717, 1.165) is 5.39 Å². The number of ketones is 1. The molecule has 0 aliphatic carbocycles. The summed E-state index contributed by atoms with van der Waals surface area (Å²) in [6, 6.07) is 15.4. The number of halogens is 1. The number of allylic oxidation sites excluding steroid dienone is 1. The predicted molar refractivity (Wildman–Crippen MR) is 76.0 cm³/mol. The number of fused-ring (bicyclic) bond motifs is 1. The predicted octanol–water partition coefficient (Wildman–Crippen LogP) is 4.47. The average molecular weight is 266 g/mol. The molecule has 1 heterocycles. The molecule has 2 nitrogen and oxygen atoms in total. The van der Waals surface area contributed by atoms with Crippen molar-refractivity contribution < 1.29 is 13.6 Å². The second-order valence-corrected chi connectivity index (χ2v) is 4.37. The Bertz CT molecular complexity index is 766. The lowest BCUT2D eigenvalue weighted by atomic mass is 10.1. The standard InChI is InChI=1S/C17H11FO2/c18-14-7-3-1-5-12(14)9-10-15(19)17-11-13-6-2-4-8-16(13)20-17/h1-11H/b10-9+. The lowest BCUT2D eigenvalue weighted by molar-refractivity contribution is 0.102. The number of para-hydroxylation sites is 1. The van der Waals surface area contributed by atoms with Crippen molar-refractivity contribution in [2.24, 2.45) is 0 Å². The van der Waals surface area contributed by atoms with Crippen molar-refractivity contribution in [3.8, 4) is 0 Å². The molecule has 0 unspecified atom stereocenters. The summed E-state index contributed by atoms with van der Waals surface area (Å²) in [5, 5.41) is 0.871. The number of hydrogen-bond donors (Lipinski definition) is 0. The van der Waals surface area contributed by atoms with E-state index in [9.17, 15) is 9.18 Å². The Morgan fingerprint density at radius 2 is 1.80 bits per heavy atom. The Morgan fingerprint density at radius 3 is 2.60 bits per heavy atom. The highest BCUT2D eigenvalue weighted by Crippen LogP contribution is 2.19. The van der Waals surface area contributed by atoms with Crippen molar-refractivity contribution in [1.29, 1.82) is 0 Å². The van der Waals surface area contributed by atoms with Gasteiger partial charge in [-0.1, -0.05) is 36.4 Å². The van der Waals surface area contributed by atoms with E-state index in [0.29, 0.717) is 11.1 Å². The van der Waals surface area contributed by atoms with Gasteiger partial charge in [0.15, 0.2) is 5.76 Å². The van der Waals surface area contributed by atoms with Crippen LogP contribution in [0.2, 0.25) is 0 Å². The molecule has 0 radical (unpaired) electrons. The van der Waals surface area contributed by atoms with Crippen molar-refractivity contribution >= 4 is 22.8 Å². The second-order valence-electron chi connectivity index (χ2n) is 4.37. The van der Waals surface area contributed by atoms with Crippen LogP contribution < -0.4 is 0 Å². The lowest BCUT2D eigenvalue weighted by Crippen LogP contribution is -1.91. The van der Waals surface area contributed by atoms with E-state index in [2.05, 4.69) is 0 Å². The van der Waals surface area contributed by atoms with Crippen LogP contribution in [0.5, 0.6) is 0 Å². The van der Waals surface area contributed by atoms with Gasteiger partial charge in [-0.3, -0.25) is 4.79 Å². The van der Waals surface area contributed by atoms with Crippen LogP contribution in [-0.4, -0.2) is 5.78 Å². The van der Waals surface area contributed by atoms with Gasteiger partial charge in [0.05, 0.1) is 0 Å². The van der Waals surface area contributed by atoms with Crippen LogP contribution in [0.1, 0.15) is 16.1 Å². The molecule has 0 saturated heterocycles. The molecule has 3 heteroatoms. The maximum absolute atomic E-state index is 13.4. The number of furan rings is 1. The van der Waals surface area contributed by atoms with E-state index in [-0.39, 0.29) is 17.4 Å². The minimum atomic E-state index is -0.360. The molecule has 98 valence electrons. The normalized spacial score (nSPS) is 11.2. The molecule has 0 amide bonds. The minimum Gasteiger partial charge on any atom is -0.453 e. The van der Waals surface area contributed by atoms with E-state index in [1.54, 1.807) is 30.3 Å². The Hall–Kier alpha value is -2.68. The number of rotatable bonds is 3. The van der Waals surface area contributed by atoms with E-state index >= 15 is 0 Å². The third-order valence-electron chi connectivity index (χ3n) is 2.99. The highest BCUT2D eigenvalue weighted by Gasteiger charge is 2.09. The molecule has 0 spiro atoms. The van der Waals surface area contributed by atoms with Gasteiger partial charge < -0.3 is 4.42 Å². The molecule has 3 rings (SSSR count). The molecule has 0 bridgehead atoms. The quantitative estimate of drug-likeness (QED) is 0.517. The van der Waals surface area contributed by atoms with Gasteiger partial charge in [0, 0.05) is 10.9 Å². The Kier molecular flexibility index (Phi) is 3.17. The summed E-state index contributed by atoms with van der Waals surface area (Å²) in [5.74, 6) is -0.399. The minimum absolute atomic E-state index is 0.249. The zero-order valence-electron chi connectivity index (χ0n) is 10.5. The first-order valence-corrected chi connectivity index (χ1v) is 6.19. The largest absolute Gasteiger partial charge is 0.453 e. The van der Waals surface area contributed by atoms with E-state index in [1.165, 1.54) is 18.2 Å². The van der Waals surface area contributed by atoms with Crippen LogP contribution in [0, 0.1) is 5.82 Å². The summed E-state index contributed by atoms with van der Waals surface area (Å²) in [4.78, 5) is 12.0. The van der Waals surface area contributed by atoms with Gasteiger partial charge in [-0.05, 0) is 30.4 Å². The number of carbonyl (C=O) groups excluding carboxylic acids is 1. The first-order chi connectivity index (χ1) is 9.74. The fourth-order valence-corrected chi connectivity index (χ4v) is 1.96. The van der Waals surface area contributed by atoms with Crippen molar-refractivity contribution in [3.63, 3.8) is 0 Å². The first kappa shape index (κ1) is 12.4. The van der Waals surface area contributed by atoms with Gasteiger partial charge >= 0.3 is 0 Å². The van der Waals surface area contributed by atoms with Crippen LogP contribution in [0.3, 0.4) is 0 Å². The molecule has 0 aliphatic heterocycles. The number of benzene rings is 2. The van der Waals surface area contributed by atoms with E-state index in [1.807, 2.05) is 18.2 Å². The molecule has 0 atom stereocenters. The molecular formula is C17H11FO2. The fraction of sp³-hybridized carbons (Fsp3) is 0. The summed E-state index contributed by atoms with van der Waals surface area (Å²) in [7, 11) is 0. The van der Waals surface area contributed by atoms with Gasteiger partial charge in [0.25, 0.3) is 0 Å². The molecule has 3 aromatic rings. The third-order valence-corrected chi connectivity index (χ3v) is 2.99. The van der Waals surface area contributed by atoms with E-state index < -0.39 is 0 Å². The Morgan fingerprint density at radius 1 is 1.05 bits per heavy atom. The zero-order chi connectivity index (χ0) is 13.9. The molecule has 0 aliphatic rings. The molecular weight excluding hydrogens is 255 g/mol. The highest BCUT2D eigenvalue weighted by atomic mass is 19.1. The van der Waals surface area contributed by atoms with Gasteiger partial charge in [-0.2, -0.15) is 0 Å². The van der Waals surface area contributed by atoms with Gasteiger partial charge in [-0.25, -0.2) is 4.39 Å². The molecule has 0 N–H and O–H groups in total. The summed E-state index contributed by atoms with van der Waals surface area (Å²) in [5.41, 5.74) is 1.03. The van der Waals surface area contributed by atoms with Gasteiger partial charge in [0.2, 0.25) is 5.78 Å². The second kappa shape index (κ2) is 5.13. The van der Waals surface area contributed by atoms with Crippen molar-refractivity contribution in [2.75, 3.05) is 0 Å². The van der Waals surface area contributed by atoms with Crippen molar-refractivity contribution in [2.45, 2.75) is 0 Å². The first-order valence-electron chi connectivity index (χ1n) is 6.19. The third kappa shape index (κ3) is 2.38. The topological polar surface area (TPSA) is 30.2 Å². The van der Waals surface area contributed by atoms with Crippen molar-refractivity contribution in [3.05, 3.63) is 77.8 Å². The number of carbonyl (C=O) groups is 1. The molecule has 20 heavy (non-hydrogen) atoms. The summed E-state index contributed by atoms with van der Waals surface area (Å²) < 4.78 is 18.9. The molecule has 0 saturated carbocycles. The Balaban J connectivity index is 1.88. The molecule has 1 aromatic heterocycles. The maximum atomic E-state index is 13.4. The number of hydrogen-bond acceptors (Lipinski definition) is 2.